The summed E-state index contributed by atoms with van der Waals surface area (Å²) in [5.41, 5.74) is 4.85. The molecule has 1 aliphatic carbocycles. The van der Waals surface area contributed by atoms with Gasteiger partial charge in [0.15, 0.2) is 11.4 Å². The number of ether oxygens (including phenoxy) is 1. The number of nitrogens with zero attached hydrogens (tertiary/aromatic N) is 5. The maximum atomic E-state index is 12.2. The third kappa shape index (κ3) is 3.78. The molecular weight excluding hydrogens is 420 g/mol. The van der Waals surface area contributed by atoms with Gasteiger partial charge < -0.3 is 19.4 Å². The Hall–Kier alpha value is -3.59. The van der Waals surface area contributed by atoms with Crippen LogP contribution in [0.3, 0.4) is 0 Å². The smallest absolute Gasteiger partial charge is 0.229 e. The van der Waals surface area contributed by atoms with Crippen LogP contribution in [0.1, 0.15) is 25.5 Å². The molecule has 0 radical (unpaired) electrons. The van der Waals surface area contributed by atoms with Crippen molar-refractivity contribution in [1.29, 1.82) is 0 Å². The second-order valence-corrected chi connectivity index (χ2v) is 8.50. The predicted molar refractivity (Wildman–Crippen MR) is 124 cm³/mol. The van der Waals surface area contributed by atoms with E-state index in [4.69, 9.17) is 14.1 Å². The van der Waals surface area contributed by atoms with Crippen LogP contribution in [-0.2, 0) is 16.0 Å². The molecule has 33 heavy (non-hydrogen) atoms. The first kappa shape index (κ1) is 20.0. The first-order chi connectivity index (χ1) is 16.2. The lowest BCUT2D eigenvalue weighted by atomic mass is 10.1. The van der Waals surface area contributed by atoms with E-state index in [2.05, 4.69) is 31.5 Å². The quantitative estimate of drug-likeness (QED) is 0.498. The molecule has 3 aromatic heterocycles. The monoisotopic (exact) mass is 444 g/mol. The number of pyridine rings is 1. The molecule has 9 nitrogen and oxygen atoms in total. The average molecular weight is 444 g/mol. The summed E-state index contributed by atoms with van der Waals surface area (Å²) in [5.74, 6) is 0.979. The lowest BCUT2D eigenvalue weighted by Gasteiger charge is -2.28. The van der Waals surface area contributed by atoms with Gasteiger partial charge in [0, 0.05) is 36.3 Å². The molecule has 9 heteroatoms. The summed E-state index contributed by atoms with van der Waals surface area (Å²) in [7, 11) is 0. The second-order valence-electron chi connectivity index (χ2n) is 8.50. The largest absolute Gasteiger partial charge is 0.436 e. The van der Waals surface area contributed by atoms with Crippen molar-refractivity contribution < 1.29 is 13.9 Å². The van der Waals surface area contributed by atoms with E-state index in [-0.39, 0.29) is 11.8 Å². The van der Waals surface area contributed by atoms with Crippen LogP contribution >= 0.6 is 0 Å². The van der Waals surface area contributed by atoms with Crippen LogP contribution in [0.25, 0.3) is 33.5 Å². The summed E-state index contributed by atoms with van der Waals surface area (Å²) in [6.45, 7) is 5.20. The van der Waals surface area contributed by atoms with Gasteiger partial charge in [-0.2, -0.15) is 0 Å². The fourth-order valence-corrected chi connectivity index (χ4v) is 4.20. The Morgan fingerprint density at radius 1 is 1.18 bits per heavy atom. The van der Waals surface area contributed by atoms with Crippen molar-refractivity contribution in [1.82, 2.24) is 20.2 Å². The van der Waals surface area contributed by atoms with E-state index in [0.29, 0.717) is 22.8 Å². The standard InChI is InChI=1S/C24H24N6O3/c1-2-18-22-16(12-21(28-29-22)27-23(31)14-3-4-14)17(13-25-18)24-26-19-11-15(5-6-20(19)33-24)30-7-9-32-10-8-30/h5-6,11-14H,2-4,7-10H2,1H3,(H,27,28,31). The minimum Gasteiger partial charge on any atom is -0.436 e. The Morgan fingerprint density at radius 3 is 2.82 bits per heavy atom. The fraction of sp³-hybridized carbons (Fsp3) is 0.375. The van der Waals surface area contributed by atoms with Gasteiger partial charge in [0.1, 0.15) is 11.0 Å². The number of hydrogen-bond acceptors (Lipinski definition) is 8. The number of aryl methyl sites for hydroxylation is 1. The van der Waals surface area contributed by atoms with Gasteiger partial charge >= 0.3 is 0 Å². The van der Waals surface area contributed by atoms with Crippen LogP contribution in [-0.4, -0.2) is 52.4 Å². The molecule has 1 amide bonds. The van der Waals surface area contributed by atoms with E-state index >= 15 is 0 Å². The molecule has 1 N–H and O–H groups in total. The number of carbonyl (C=O) groups excluding carboxylic acids is 1. The molecular formula is C24H24N6O3. The number of rotatable bonds is 5. The number of benzene rings is 1. The van der Waals surface area contributed by atoms with Crippen molar-refractivity contribution in [2.45, 2.75) is 26.2 Å². The molecule has 0 unspecified atom stereocenters. The number of oxazole rings is 1. The molecule has 6 rings (SSSR count). The summed E-state index contributed by atoms with van der Waals surface area (Å²) in [6, 6.07) is 7.89. The number of aromatic nitrogens is 4. The number of amides is 1. The molecule has 1 saturated carbocycles. The Morgan fingerprint density at radius 2 is 2.03 bits per heavy atom. The van der Waals surface area contributed by atoms with Gasteiger partial charge in [0.2, 0.25) is 11.8 Å². The summed E-state index contributed by atoms with van der Waals surface area (Å²) < 4.78 is 11.6. The van der Waals surface area contributed by atoms with Crippen LogP contribution in [0.4, 0.5) is 11.5 Å². The van der Waals surface area contributed by atoms with E-state index < -0.39 is 0 Å². The van der Waals surface area contributed by atoms with Gasteiger partial charge in [0.25, 0.3) is 0 Å². The molecule has 1 aliphatic heterocycles. The van der Waals surface area contributed by atoms with Crippen molar-refractivity contribution in [2.75, 3.05) is 36.5 Å². The molecule has 0 spiro atoms. The maximum Gasteiger partial charge on any atom is 0.229 e. The predicted octanol–water partition coefficient (Wildman–Crippen LogP) is 3.58. The van der Waals surface area contributed by atoms with Crippen molar-refractivity contribution in [3.05, 3.63) is 36.2 Å². The molecule has 1 aromatic carbocycles. The summed E-state index contributed by atoms with van der Waals surface area (Å²) >= 11 is 0. The van der Waals surface area contributed by atoms with E-state index in [1.807, 2.05) is 25.1 Å². The van der Waals surface area contributed by atoms with Crippen LogP contribution in [0.15, 0.2) is 34.9 Å². The highest BCUT2D eigenvalue weighted by atomic mass is 16.5. The zero-order valence-corrected chi connectivity index (χ0v) is 18.4. The number of carbonyl (C=O) groups is 1. The minimum atomic E-state index is -0.00697. The third-order valence-corrected chi connectivity index (χ3v) is 6.22. The molecule has 0 bridgehead atoms. The number of fused-ring (bicyclic) bond motifs is 2. The number of anilines is 2. The van der Waals surface area contributed by atoms with Crippen molar-refractivity contribution in [3.8, 4) is 11.5 Å². The lowest BCUT2D eigenvalue weighted by molar-refractivity contribution is -0.117. The van der Waals surface area contributed by atoms with Crippen molar-refractivity contribution in [3.63, 3.8) is 0 Å². The topological polar surface area (TPSA) is 106 Å². The molecule has 2 aliphatic rings. The number of hydrogen-bond donors (Lipinski definition) is 1. The summed E-state index contributed by atoms with van der Waals surface area (Å²) in [5, 5.41) is 12.3. The van der Waals surface area contributed by atoms with Crippen molar-refractivity contribution >= 4 is 39.4 Å². The van der Waals surface area contributed by atoms with Gasteiger partial charge in [-0.15, -0.1) is 10.2 Å². The van der Waals surface area contributed by atoms with Crippen molar-refractivity contribution in [2.24, 2.45) is 5.92 Å². The first-order valence-electron chi connectivity index (χ1n) is 11.4. The Kier molecular flexibility index (Phi) is 4.91. The highest BCUT2D eigenvalue weighted by Crippen LogP contribution is 2.34. The van der Waals surface area contributed by atoms with E-state index in [1.54, 1.807) is 6.20 Å². The molecule has 1 saturated heterocycles. The SMILES string of the molecule is CCc1ncc(-c2nc3cc(N4CCOCC4)ccc3o2)c2cc(NC(=O)C3CC3)nnc12. The zero-order valence-electron chi connectivity index (χ0n) is 18.4. The third-order valence-electron chi connectivity index (χ3n) is 6.22. The molecule has 4 heterocycles. The van der Waals surface area contributed by atoms with Gasteiger partial charge in [-0.1, -0.05) is 6.92 Å². The van der Waals surface area contributed by atoms with E-state index in [0.717, 1.165) is 73.4 Å². The average Bonchev–Trinajstić information content (AvgIpc) is 3.62. The van der Waals surface area contributed by atoms with E-state index in [9.17, 15) is 4.79 Å². The van der Waals surface area contributed by atoms with Crippen LogP contribution in [0, 0.1) is 5.92 Å². The highest BCUT2D eigenvalue weighted by molar-refractivity contribution is 5.98. The van der Waals surface area contributed by atoms with Crippen LogP contribution in [0.2, 0.25) is 0 Å². The number of morpholine rings is 1. The molecule has 168 valence electrons. The highest BCUT2D eigenvalue weighted by Gasteiger charge is 2.30. The zero-order chi connectivity index (χ0) is 22.4. The fourth-order valence-electron chi connectivity index (χ4n) is 4.20. The normalized spacial score (nSPS) is 16.5. The minimum absolute atomic E-state index is 0.00697. The van der Waals surface area contributed by atoms with Crippen LogP contribution in [0.5, 0.6) is 0 Å². The summed E-state index contributed by atoms with van der Waals surface area (Å²) in [6.07, 6.45) is 4.34. The lowest BCUT2D eigenvalue weighted by Crippen LogP contribution is -2.36. The Balaban J connectivity index is 1.41. The Labute approximate surface area is 190 Å². The second kappa shape index (κ2) is 8.08. The maximum absolute atomic E-state index is 12.2. The summed E-state index contributed by atoms with van der Waals surface area (Å²) in [4.78, 5) is 23.9. The van der Waals surface area contributed by atoms with E-state index in [1.165, 1.54) is 0 Å². The van der Waals surface area contributed by atoms with Gasteiger partial charge in [0.05, 0.1) is 24.5 Å². The Bertz CT molecular complexity index is 1360. The van der Waals surface area contributed by atoms with Crippen LogP contribution < -0.4 is 10.2 Å². The molecule has 0 atom stereocenters. The molecule has 4 aromatic rings. The number of nitrogens with one attached hydrogen (secondary N) is 1. The first-order valence-corrected chi connectivity index (χ1v) is 11.4. The molecule has 2 fully saturated rings. The van der Waals surface area contributed by atoms with Gasteiger partial charge in [-0.25, -0.2) is 4.98 Å². The van der Waals surface area contributed by atoms with Gasteiger partial charge in [-0.05, 0) is 43.5 Å². The van der Waals surface area contributed by atoms with Gasteiger partial charge in [-0.3, -0.25) is 9.78 Å².